The SMILES string of the molecule is COc1cc(/C=C(/C#N)C(=O)Nc2ccc(Br)cc2)ccc1OCC#N. The molecule has 0 aromatic heterocycles. The molecule has 0 bridgehead atoms. The maximum atomic E-state index is 12.3. The van der Waals surface area contributed by atoms with Gasteiger partial charge in [0.1, 0.15) is 17.7 Å². The van der Waals surface area contributed by atoms with Crippen molar-refractivity contribution in [2.45, 2.75) is 0 Å². The second-order valence-corrected chi connectivity index (χ2v) is 5.90. The lowest BCUT2D eigenvalue weighted by atomic mass is 10.1. The molecule has 0 saturated heterocycles. The number of nitrogens with zero attached hydrogens (tertiary/aromatic N) is 2. The monoisotopic (exact) mass is 411 g/mol. The van der Waals surface area contributed by atoms with Crippen LogP contribution in [0.1, 0.15) is 5.56 Å². The van der Waals surface area contributed by atoms with Crippen LogP contribution in [0.5, 0.6) is 11.5 Å². The topological polar surface area (TPSA) is 95.1 Å². The van der Waals surface area contributed by atoms with E-state index < -0.39 is 5.91 Å². The van der Waals surface area contributed by atoms with Gasteiger partial charge in [0.05, 0.1) is 7.11 Å². The molecule has 1 amide bonds. The highest BCUT2D eigenvalue weighted by Gasteiger charge is 2.11. The van der Waals surface area contributed by atoms with Crippen LogP contribution in [0.4, 0.5) is 5.69 Å². The zero-order valence-electron chi connectivity index (χ0n) is 13.8. The number of nitrogens with one attached hydrogen (secondary N) is 1. The Kier molecular flexibility index (Phi) is 6.78. The molecular weight excluding hydrogens is 398 g/mol. The van der Waals surface area contributed by atoms with Crippen molar-refractivity contribution < 1.29 is 14.3 Å². The molecule has 2 rings (SSSR count). The van der Waals surface area contributed by atoms with Gasteiger partial charge in [-0.05, 0) is 48.0 Å². The Bertz CT molecular complexity index is 909. The molecule has 26 heavy (non-hydrogen) atoms. The van der Waals surface area contributed by atoms with Crippen LogP contribution in [0, 0.1) is 22.7 Å². The van der Waals surface area contributed by atoms with Crippen LogP contribution in [-0.2, 0) is 4.79 Å². The summed E-state index contributed by atoms with van der Waals surface area (Å²) in [5.41, 5.74) is 1.12. The maximum Gasteiger partial charge on any atom is 0.266 e. The first kappa shape index (κ1) is 19.0. The van der Waals surface area contributed by atoms with Gasteiger partial charge in [-0.15, -0.1) is 0 Å². The molecule has 7 heteroatoms. The fourth-order valence-corrected chi connectivity index (χ4v) is 2.31. The van der Waals surface area contributed by atoms with Crippen LogP contribution in [0.25, 0.3) is 6.08 Å². The lowest BCUT2D eigenvalue weighted by Crippen LogP contribution is -2.13. The van der Waals surface area contributed by atoms with Crippen molar-refractivity contribution >= 4 is 33.6 Å². The van der Waals surface area contributed by atoms with Gasteiger partial charge in [-0.3, -0.25) is 4.79 Å². The Morgan fingerprint density at radius 2 is 1.92 bits per heavy atom. The van der Waals surface area contributed by atoms with E-state index in [0.717, 1.165) is 4.47 Å². The number of carbonyl (C=O) groups is 1. The predicted octanol–water partition coefficient (Wildman–Crippen LogP) is 3.91. The number of anilines is 1. The van der Waals surface area contributed by atoms with Crippen molar-refractivity contribution in [2.75, 3.05) is 19.0 Å². The number of methoxy groups -OCH3 is 1. The number of nitriles is 2. The molecule has 0 heterocycles. The van der Waals surface area contributed by atoms with E-state index in [2.05, 4.69) is 21.2 Å². The standard InChI is InChI=1S/C19H14BrN3O3/c1-25-18-11-13(2-7-17(18)26-9-8-21)10-14(12-22)19(24)23-16-5-3-15(20)4-6-16/h2-7,10-11H,9H2,1H3,(H,23,24)/b14-10-. The lowest BCUT2D eigenvalue weighted by molar-refractivity contribution is -0.112. The van der Waals surface area contributed by atoms with Gasteiger partial charge < -0.3 is 14.8 Å². The Balaban J connectivity index is 2.22. The summed E-state index contributed by atoms with van der Waals surface area (Å²) in [6, 6.07) is 15.7. The fraction of sp³-hybridized carbons (Fsp3) is 0.105. The Morgan fingerprint density at radius 1 is 1.19 bits per heavy atom. The molecule has 6 nitrogen and oxygen atoms in total. The Hall–Kier alpha value is -3.29. The molecule has 0 unspecified atom stereocenters. The van der Waals surface area contributed by atoms with Gasteiger partial charge in [0.15, 0.2) is 18.1 Å². The first-order valence-electron chi connectivity index (χ1n) is 7.44. The Morgan fingerprint density at radius 3 is 2.54 bits per heavy atom. The number of hydrogen-bond acceptors (Lipinski definition) is 5. The number of hydrogen-bond donors (Lipinski definition) is 1. The van der Waals surface area contributed by atoms with Crippen molar-refractivity contribution in [2.24, 2.45) is 0 Å². The summed E-state index contributed by atoms with van der Waals surface area (Å²) in [7, 11) is 1.47. The minimum absolute atomic E-state index is 0.0549. The largest absolute Gasteiger partial charge is 0.493 e. The molecular formula is C19H14BrN3O3. The zero-order chi connectivity index (χ0) is 18.9. The van der Waals surface area contributed by atoms with Gasteiger partial charge in [0, 0.05) is 10.2 Å². The number of halogens is 1. The number of carbonyl (C=O) groups excluding carboxylic acids is 1. The van der Waals surface area contributed by atoms with Crippen LogP contribution in [0.3, 0.4) is 0 Å². The minimum Gasteiger partial charge on any atom is -0.493 e. The summed E-state index contributed by atoms with van der Waals surface area (Å²) < 4.78 is 11.3. The number of benzene rings is 2. The van der Waals surface area contributed by atoms with Crippen LogP contribution in [0.2, 0.25) is 0 Å². The molecule has 130 valence electrons. The van der Waals surface area contributed by atoms with E-state index in [1.54, 1.807) is 42.5 Å². The number of rotatable bonds is 6. The summed E-state index contributed by atoms with van der Waals surface area (Å²) >= 11 is 3.32. The third-order valence-corrected chi connectivity index (χ3v) is 3.79. The van der Waals surface area contributed by atoms with E-state index in [-0.39, 0.29) is 12.2 Å². The van der Waals surface area contributed by atoms with E-state index in [0.29, 0.717) is 22.7 Å². The third kappa shape index (κ3) is 5.10. The second kappa shape index (κ2) is 9.26. The van der Waals surface area contributed by atoms with E-state index in [1.807, 2.05) is 12.1 Å². The normalized spacial score (nSPS) is 10.4. The van der Waals surface area contributed by atoms with E-state index in [1.165, 1.54) is 13.2 Å². The van der Waals surface area contributed by atoms with Crippen molar-refractivity contribution in [3.05, 3.63) is 58.1 Å². The molecule has 2 aromatic carbocycles. The predicted molar refractivity (Wildman–Crippen MR) is 100 cm³/mol. The fourth-order valence-electron chi connectivity index (χ4n) is 2.05. The molecule has 0 atom stereocenters. The van der Waals surface area contributed by atoms with Gasteiger partial charge in [-0.25, -0.2) is 0 Å². The lowest BCUT2D eigenvalue weighted by Gasteiger charge is -2.09. The molecule has 0 fully saturated rings. The Labute approximate surface area is 159 Å². The van der Waals surface area contributed by atoms with Crippen LogP contribution < -0.4 is 14.8 Å². The molecule has 0 spiro atoms. The molecule has 1 N–H and O–H groups in total. The first-order valence-corrected chi connectivity index (χ1v) is 8.23. The molecule has 0 aliphatic carbocycles. The first-order chi connectivity index (χ1) is 12.6. The molecule has 2 aromatic rings. The highest BCUT2D eigenvalue weighted by atomic mass is 79.9. The average molecular weight is 412 g/mol. The van der Waals surface area contributed by atoms with Crippen molar-refractivity contribution in [3.63, 3.8) is 0 Å². The molecule has 0 radical (unpaired) electrons. The highest BCUT2D eigenvalue weighted by molar-refractivity contribution is 9.10. The van der Waals surface area contributed by atoms with Crippen LogP contribution in [0.15, 0.2) is 52.5 Å². The highest BCUT2D eigenvalue weighted by Crippen LogP contribution is 2.29. The van der Waals surface area contributed by atoms with Crippen LogP contribution in [-0.4, -0.2) is 19.6 Å². The summed E-state index contributed by atoms with van der Waals surface area (Å²) in [5, 5.41) is 20.5. The number of ether oxygens (including phenoxy) is 2. The minimum atomic E-state index is -0.515. The third-order valence-electron chi connectivity index (χ3n) is 3.26. The van der Waals surface area contributed by atoms with Crippen molar-refractivity contribution in [1.29, 1.82) is 10.5 Å². The average Bonchev–Trinajstić information content (AvgIpc) is 2.66. The van der Waals surface area contributed by atoms with E-state index in [4.69, 9.17) is 14.7 Å². The quantitative estimate of drug-likeness (QED) is 0.574. The van der Waals surface area contributed by atoms with Crippen LogP contribution >= 0.6 is 15.9 Å². The summed E-state index contributed by atoms with van der Waals surface area (Å²) in [6.07, 6.45) is 1.45. The van der Waals surface area contributed by atoms with Gasteiger partial charge >= 0.3 is 0 Å². The smallest absolute Gasteiger partial charge is 0.266 e. The van der Waals surface area contributed by atoms with Crippen molar-refractivity contribution in [1.82, 2.24) is 0 Å². The van der Waals surface area contributed by atoms with Gasteiger partial charge in [0.25, 0.3) is 5.91 Å². The molecule has 0 aliphatic heterocycles. The van der Waals surface area contributed by atoms with Crippen molar-refractivity contribution in [3.8, 4) is 23.6 Å². The maximum absolute atomic E-state index is 12.3. The zero-order valence-corrected chi connectivity index (χ0v) is 15.4. The van der Waals surface area contributed by atoms with E-state index >= 15 is 0 Å². The summed E-state index contributed by atoms with van der Waals surface area (Å²) in [4.78, 5) is 12.3. The van der Waals surface area contributed by atoms with E-state index in [9.17, 15) is 10.1 Å². The summed E-state index contributed by atoms with van der Waals surface area (Å²) in [5.74, 6) is 0.294. The van der Waals surface area contributed by atoms with Gasteiger partial charge in [-0.1, -0.05) is 22.0 Å². The second-order valence-electron chi connectivity index (χ2n) is 4.99. The van der Waals surface area contributed by atoms with Gasteiger partial charge in [0.2, 0.25) is 0 Å². The summed E-state index contributed by atoms with van der Waals surface area (Å²) in [6.45, 7) is -0.107. The number of amides is 1. The van der Waals surface area contributed by atoms with Gasteiger partial charge in [-0.2, -0.15) is 10.5 Å². The molecule has 0 saturated carbocycles. The molecule has 0 aliphatic rings.